The lowest BCUT2D eigenvalue weighted by atomic mass is 10.1. The summed E-state index contributed by atoms with van der Waals surface area (Å²) in [5.74, 6) is -0.146. The fraction of sp³-hybridized carbons (Fsp3) is 0.971. The molecule has 0 aromatic heterocycles. The van der Waals surface area contributed by atoms with E-state index < -0.39 is 0 Å². The van der Waals surface area contributed by atoms with Crippen molar-refractivity contribution in [2.24, 2.45) is 0 Å². The smallest absolute Gasteiger partial charge is 0.305 e. The highest BCUT2D eigenvalue weighted by Crippen LogP contribution is 2.07. The molecule has 292 valence electrons. The predicted octanol–water partition coefficient (Wildman–Crippen LogP) is 2.82. The third-order valence-electron chi connectivity index (χ3n) is 7.19. The molecule has 1 fully saturated rings. The number of rotatable bonds is 40. The number of piperidine rings is 1. The molecule has 1 aliphatic rings. The largest absolute Gasteiger partial charge is 0.463 e. The molecule has 0 spiro atoms. The molecule has 49 heavy (non-hydrogen) atoms. The van der Waals surface area contributed by atoms with Crippen LogP contribution in [-0.2, 0) is 61.6 Å². The maximum Gasteiger partial charge on any atom is 0.305 e. The highest BCUT2D eigenvalue weighted by molar-refractivity contribution is 5.69. The van der Waals surface area contributed by atoms with E-state index in [1.54, 1.807) is 0 Å². The Balaban J connectivity index is 1.61. The van der Waals surface area contributed by atoms with Crippen molar-refractivity contribution in [1.29, 1.82) is 0 Å². The molecule has 1 saturated heterocycles. The molecular formula is C35H69NO13. The van der Waals surface area contributed by atoms with Crippen molar-refractivity contribution >= 4 is 5.97 Å². The fourth-order valence-corrected chi connectivity index (χ4v) is 4.48. The quantitative estimate of drug-likeness (QED) is 0.0736. The van der Waals surface area contributed by atoms with Gasteiger partial charge in [0.15, 0.2) is 0 Å². The van der Waals surface area contributed by atoms with Crippen LogP contribution in [0.1, 0.15) is 58.3 Å². The summed E-state index contributed by atoms with van der Waals surface area (Å²) < 4.78 is 65.8. The summed E-state index contributed by atoms with van der Waals surface area (Å²) in [6, 6.07) is 0. The Morgan fingerprint density at radius 3 is 1.14 bits per heavy atom. The first-order valence-corrected chi connectivity index (χ1v) is 18.6. The number of nitrogens with one attached hydrogen (secondary N) is 1. The molecule has 0 unspecified atom stereocenters. The van der Waals surface area contributed by atoms with E-state index in [4.69, 9.17) is 56.8 Å². The molecule has 0 aliphatic carbocycles. The second-order valence-corrected chi connectivity index (χ2v) is 11.3. The van der Waals surface area contributed by atoms with Crippen molar-refractivity contribution < 1.29 is 61.6 Å². The summed E-state index contributed by atoms with van der Waals surface area (Å²) in [7, 11) is 0. The molecule has 0 aromatic carbocycles. The number of carbonyl (C=O) groups is 1. The second kappa shape index (κ2) is 39.8. The van der Waals surface area contributed by atoms with E-state index in [0.717, 1.165) is 38.8 Å². The maximum atomic E-state index is 11.6. The first-order valence-electron chi connectivity index (χ1n) is 18.6. The first-order chi connectivity index (χ1) is 24.3. The van der Waals surface area contributed by atoms with Crippen molar-refractivity contribution in [3.63, 3.8) is 0 Å². The monoisotopic (exact) mass is 711 g/mol. The molecule has 0 amide bonds. The van der Waals surface area contributed by atoms with Crippen LogP contribution in [-0.4, -0.2) is 171 Å². The summed E-state index contributed by atoms with van der Waals surface area (Å²) in [6.45, 7) is 15.3. The van der Waals surface area contributed by atoms with E-state index in [1.807, 2.05) is 0 Å². The summed E-state index contributed by atoms with van der Waals surface area (Å²) in [4.78, 5) is 11.6. The van der Waals surface area contributed by atoms with E-state index in [1.165, 1.54) is 19.3 Å². The highest BCUT2D eigenvalue weighted by Gasteiger charge is 2.12. The molecule has 1 rings (SSSR count). The Kier molecular flexibility index (Phi) is 37.3. The van der Waals surface area contributed by atoms with Crippen molar-refractivity contribution in [2.75, 3.05) is 158 Å². The van der Waals surface area contributed by atoms with Crippen LogP contribution < -0.4 is 5.32 Å². The number of ether oxygens (including phenoxy) is 12. The fourth-order valence-electron chi connectivity index (χ4n) is 4.48. The number of esters is 1. The molecule has 14 nitrogen and oxygen atoms in total. The molecular weight excluding hydrogens is 642 g/mol. The molecule has 14 heteroatoms. The van der Waals surface area contributed by atoms with Crippen molar-refractivity contribution in [2.45, 2.75) is 64.4 Å². The number of hydrogen-bond acceptors (Lipinski definition) is 14. The van der Waals surface area contributed by atoms with Gasteiger partial charge in [0.05, 0.1) is 145 Å². The third kappa shape index (κ3) is 36.6. The molecule has 0 aromatic rings. The summed E-state index contributed by atoms with van der Waals surface area (Å²) in [5, 5.41) is 3.33. The zero-order valence-corrected chi connectivity index (χ0v) is 30.5. The summed E-state index contributed by atoms with van der Waals surface area (Å²) in [6.07, 6.45) is 8.60. The third-order valence-corrected chi connectivity index (χ3v) is 7.19. The van der Waals surface area contributed by atoms with Crippen LogP contribution in [0.2, 0.25) is 0 Å². The van der Waals surface area contributed by atoms with Crippen LogP contribution in [0.3, 0.4) is 0 Å². The summed E-state index contributed by atoms with van der Waals surface area (Å²) >= 11 is 0. The van der Waals surface area contributed by atoms with Crippen LogP contribution >= 0.6 is 0 Å². The van der Waals surface area contributed by atoms with Gasteiger partial charge in [-0.25, -0.2) is 0 Å². The zero-order chi connectivity index (χ0) is 35.0. The highest BCUT2D eigenvalue weighted by atomic mass is 16.6. The molecule has 0 bridgehead atoms. The van der Waals surface area contributed by atoms with E-state index in [9.17, 15) is 4.79 Å². The van der Waals surface area contributed by atoms with Crippen molar-refractivity contribution in [3.8, 4) is 0 Å². The number of hydrogen-bond donors (Lipinski definition) is 1. The van der Waals surface area contributed by atoms with Crippen molar-refractivity contribution in [1.82, 2.24) is 5.32 Å². The summed E-state index contributed by atoms with van der Waals surface area (Å²) in [5.41, 5.74) is 0. The lowest BCUT2D eigenvalue weighted by molar-refractivity contribution is -0.145. The SMILES string of the molecule is CCCCCCCC(=O)OCCOCCOCCOCCOCCOCCOCCOCCOCCOCCOCCOC1CCNCC1. The van der Waals surface area contributed by atoms with E-state index in [0.29, 0.717) is 151 Å². The topological polar surface area (TPSA) is 140 Å². The molecule has 0 radical (unpaired) electrons. The van der Waals surface area contributed by atoms with Crippen LogP contribution in [0, 0.1) is 0 Å². The molecule has 0 saturated carbocycles. The minimum atomic E-state index is -0.146. The van der Waals surface area contributed by atoms with Gasteiger partial charge in [-0.3, -0.25) is 4.79 Å². The maximum absolute atomic E-state index is 11.6. The van der Waals surface area contributed by atoms with Crippen molar-refractivity contribution in [3.05, 3.63) is 0 Å². The lowest BCUT2D eigenvalue weighted by Crippen LogP contribution is -2.33. The minimum Gasteiger partial charge on any atom is -0.463 e. The lowest BCUT2D eigenvalue weighted by Gasteiger charge is -2.22. The molecule has 1 aliphatic heterocycles. The number of carbonyl (C=O) groups excluding carboxylic acids is 1. The van der Waals surface area contributed by atoms with E-state index in [-0.39, 0.29) is 12.6 Å². The normalized spacial score (nSPS) is 13.7. The van der Waals surface area contributed by atoms with Crippen LogP contribution in [0.15, 0.2) is 0 Å². The van der Waals surface area contributed by atoms with Gasteiger partial charge >= 0.3 is 5.97 Å². The van der Waals surface area contributed by atoms with Gasteiger partial charge in [0, 0.05) is 6.42 Å². The van der Waals surface area contributed by atoms with E-state index in [2.05, 4.69) is 12.2 Å². The second-order valence-electron chi connectivity index (χ2n) is 11.3. The average molecular weight is 712 g/mol. The zero-order valence-electron chi connectivity index (χ0n) is 30.5. The van der Waals surface area contributed by atoms with Gasteiger partial charge in [-0.1, -0.05) is 32.6 Å². The van der Waals surface area contributed by atoms with Crippen LogP contribution in [0.25, 0.3) is 0 Å². The Labute approximate surface area is 295 Å². The minimum absolute atomic E-state index is 0.146. The average Bonchev–Trinajstić information content (AvgIpc) is 3.12. The molecule has 1 heterocycles. The predicted molar refractivity (Wildman–Crippen MR) is 184 cm³/mol. The van der Waals surface area contributed by atoms with Crippen LogP contribution in [0.4, 0.5) is 0 Å². The van der Waals surface area contributed by atoms with Gasteiger partial charge in [-0.15, -0.1) is 0 Å². The van der Waals surface area contributed by atoms with Gasteiger partial charge in [-0.2, -0.15) is 0 Å². The van der Waals surface area contributed by atoms with Gasteiger partial charge in [0.25, 0.3) is 0 Å². The van der Waals surface area contributed by atoms with Gasteiger partial charge in [0.2, 0.25) is 0 Å². The standard InChI is InChI=1S/C35H69NO13/c1-2-3-4-5-6-7-35(37)49-33-31-47-29-27-45-25-23-43-21-19-41-17-15-39-13-12-38-14-16-40-18-20-42-22-24-44-26-28-46-30-32-48-34-8-10-36-11-9-34/h34,36H,2-33H2,1H3. The Bertz CT molecular complexity index is 659. The van der Waals surface area contributed by atoms with E-state index >= 15 is 0 Å². The van der Waals surface area contributed by atoms with Gasteiger partial charge < -0.3 is 62.2 Å². The Hall–Kier alpha value is -1.01. The van der Waals surface area contributed by atoms with Gasteiger partial charge in [0.1, 0.15) is 6.61 Å². The Morgan fingerprint density at radius 1 is 0.449 bits per heavy atom. The molecule has 1 N–H and O–H groups in total. The van der Waals surface area contributed by atoms with Crippen LogP contribution in [0.5, 0.6) is 0 Å². The first kappa shape index (κ1) is 46.0. The molecule has 0 atom stereocenters. The Morgan fingerprint density at radius 2 is 0.776 bits per heavy atom. The van der Waals surface area contributed by atoms with Gasteiger partial charge in [-0.05, 0) is 32.4 Å². The number of unbranched alkanes of at least 4 members (excludes halogenated alkanes) is 4.